The van der Waals surface area contributed by atoms with Crippen LogP contribution in [0.5, 0.6) is 5.75 Å². The van der Waals surface area contributed by atoms with Crippen molar-refractivity contribution >= 4 is 11.3 Å². The Bertz CT molecular complexity index is 731. The fraction of sp³-hybridized carbons (Fsp3) is 0.188. The fourth-order valence-corrected chi connectivity index (χ4v) is 2.38. The monoisotopic (exact) mass is 321 g/mol. The lowest BCUT2D eigenvalue weighted by Crippen LogP contribution is -2.20. The highest BCUT2D eigenvalue weighted by molar-refractivity contribution is 5.81. The maximum absolute atomic E-state index is 12.2. The molecule has 0 aliphatic carbocycles. The summed E-state index contributed by atoms with van der Waals surface area (Å²) in [5.74, 6) is -0.232. The van der Waals surface area contributed by atoms with Crippen molar-refractivity contribution in [2.24, 2.45) is 0 Å². The Balaban J connectivity index is 1.82. The van der Waals surface area contributed by atoms with Crippen molar-refractivity contribution in [3.63, 3.8) is 0 Å². The molecule has 7 heteroatoms. The van der Waals surface area contributed by atoms with E-state index in [1.807, 2.05) is 18.0 Å². The number of hydrogen-bond donors (Lipinski definition) is 1. The molecule has 4 nitrogen and oxygen atoms in total. The fourth-order valence-electron chi connectivity index (χ4n) is 2.38. The molecule has 23 heavy (non-hydrogen) atoms. The summed E-state index contributed by atoms with van der Waals surface area (Å²) in [5, 5.41) is 6.71. The van der Waals surface area contributed by atoms with Crippen molar-refractivity contribution in [3.8, 4) is 5.75 Å². The van der Waals surface area contributed by atoms with Gasteiger partial charge in [-0.2, -0.15) is 5.10 Å². The molecule has 1 aromatic carbocycles. The van der Waals surface area contributed by atoms with E-state index in [1.165, 1.54) is 12.1 Å². The van der Waals surface area contributed by atoms with E-state index < -0.39 is 6.36 Å². The van der Waals surface area contributed by atoms with E-state index in [9.17, 15) is 13.2 Å². The van der Waals surface area contributed by atoms with Crippen LogP contribution in [0.1, 0.15) is 12.5 Å². The number of halogens is 3. The zero-order valence-corrected chi connectivity index (χ0v) is 12.3. The van der Waals surface area contributed by atoms with Crippen molar-refractivity contribution in [1.82, 2.24) is 10.2 Å². The molecule has 2 aromatic rings. The van der Waals surface area contributed by atoms with Gasteiger partial charge in [0.1, 0.15) is 5.75 Å². The third-order valence-electron chi connectivity index (χ3n) is 3.52. The van der Waals surface area contributed by atoms with Gasteiger partial charge < -0.3 is 9.64 Å². The molecular formula is C16H14F3N3O. The van der Waals surface area contributed by atoms with Crippen molar-refractivity contribution < 1.29 is 17.9 Å². The predicted octanol–water partition coefficient (Wildman–Crippen LogP) is 4.12. The van der Waals surface area contributed by atoms with Crippen molar-refractivity contribution in [3.05, 3.63) is 60.1 Å². The standard InChI is InChI=1S/C16H14F3N3O/c1-11-6-7-22(10-15(11)12-8-20-21-9-12)13-2-4-14(5-3-13)23-16(17,18)19/h2-6,8-10H,7H2,1H3,(H,20,21). The number of ether oxygens (including phenoxy) is 1. The van der Waals surface area contributed by atoms with Crippen LogP contribution < -0.4 is 9.64 Å². The van der Waals surface area contributed by atoms with E-state index in [-0.39, 0.29) is 5.75 Å². The molecule has 0 saturated carbocycles. The Morgan fingerprint density at radius 2 is 1.96 bits per heavy atom. The average molecular weight is 321 g/mol. The smallest absolute Gasteiger partial charge is 0.406 e. The zero-order valence-electron chi connectivity index (χ0n) is 12.3. The second-order valence-corrected chi connectivity index (χ2v) is 5.11. The first-order valence-electron chi connectivity index (χ1n) is 6.93. The Morgan fingerprint density at radius 3 is 2.57 bits per heavy atom. The molecule has 120 valence electrons. The van der Waals surface area contributed by atoms with Gasteiger partial charge in [0.2, 0.25) is 0 Å². The summed E-state index contributed by atoms with van der Waals surface area (Å²) in [7, 11) is 0. The molecule has 0 amide bonds. The Labute approximate surface area is 130 Å². The number of rotatable bonds is 3. The molecule has 1 N–H and O–H groups in total. The quantitative estimate of drug-likeness (QED) is 0.925. The van der Waals surface area contributed by atoms with Gasteiger partial charge in [0.25, 0.3) is 0 Å². The highest BCUT2D eigenvalue weighted by Gasteiger charge is 2.31. The van der Waals surface area contributed by atoms with Gasteiger partial charge in [-0.05, 0) is 36.8 Å². The van der Waals surface area contributed by atoms with Crippen LogP contribution in [0.15, 0.2) is 54.5 Å². The maximum atomic E-state index is 12.2. The number of allylic oxidation sites excluding steroid dienone is 2. The molecule has 0 saturated heterocycles. The van der Waals surface area contributed by atoms with Crippen molar-refractivity contribution in [1.29, 1.82) is 0 Å². The van der Waals surface area contributed by atoms with Gasteiger partial charge >= 0.3 is 6.36 Å². The minimum atomic E-state index is -4.68. The van der Waals surface area contributed by atoms with Gasteiger partial charge in [-0.15, -0.1) is 13.2 Å². The van der Waals surface area contributed by atoms with Crippen LogP contribution >= 0.6 is 0 Å². The molecule has 2 heterocycles. The lowest BCUT2D eigenvalue weighted by atomic mass is 10.00. The molecule has 0 atom stereocenters. The van der Waals surface area contributed by atoms with Crippen LogP contribution in [0.25, 0.3) is 5.57 Å². The number of hydrogen-bond acceptors (Lipinski definition) is 3. The van der Waals surface area contributed by atoms with Gasteiger partial charge in [-0.25, -0.2) is 0 Å². The molecular weight excluding hydrogens is 307 g/mol. The normalized spacial score (nSPS) is 15.2. The SMILES string of the molecule is CC1=CCN(c2ccc(OC(F)(F)F)cc2)C=C1c1cn[nH]c1. The van der Waals surface area contributed by atoms with Gasteiger partial charge in [-0.3, -0.25) is 5.10 Å². The van der Waals surface area contributed by atoms with Gasteiger partial charge in [0.15, 0.2) is 0 Å². The van der Waals surface area contributed by atoms with Crippen LogP contribution in [-0.2, 0) is 0 Å². The van der Waals surface area contributed by atoms with Gasteiger partial charge in [0, 0.05) is 35.8 Å². The minimum Gasteiger partial charge on any atom is -0.406 e. The average Bonchev–Trinajstić information content (AvgIpc) is 3.01. The lowest BCUT2D eigenvalue weighted by Gasteiger charge is -2.25. The summed E-state index contributed by atoms with van der Waals surface area (Å²) < 4.78 is 40.5. The summed E-state index contributed by atoms with van der Waals surface area (Å²) in [5.41, 5.74) is 3.88. The van der Waals surface area contributed by atoms with Crippen molar-refractivity contribution in [2.45, 2.75) is 13.3 Å². The summed E-state index contributed by atoms with van der Waals surface area (Å²) in [6.45, 7) is 2.66. The number of H-pyrrole nitrogens is 1. The molecule has 0 spiro atoms. The number of nitrogens with one attached hydrogen (secondary N) is 1. The first-order valence-corrected chi connectivity index (χ1v) is 6.93. The van der Waals surface area contributed by atoms with Crippen LogP contribution in [0.2, 0.25) is 0 Å². The molecule has 1 aliphatic heterocycles. The molecule has 0 unspecified atom stereocenters. The minimum absolute atomic E-state index is 0.232. The highest BCUT2D eigenvalue weighted by Crippen LogP contribution is 2.30. The third-order valence-corrected chi connectivity index (χ3v) is 3.52. The van der Waals surface area contributed by atoms with Crippen LogP contribution in [-0.4, -0.2) is 23.1 Å². The number of aromatic amines is 1. The van der Waals surface area contributed by atoms with E-state index in [4.69, 9.17) is 0 Å². The predicted molar refractivity (Wildman–Crippen MR) is 80.8 cm³/mol. The van der Waals surface area contributed by atoms with Crippen molar-refractivity contribution in [2.75, 3.05) is 11.4 Å². The molecule has 1 aliphatic rings. The van der Waals surface area contributed by atoms with E-state index in [0.29, 0.717) is 6.54 Å². The highest BCUT2D eigenvalue weighted by atomic mass is 19.4. The van der Waals surface area contributed by atoms with Gasteiger partial charge in [0.05, 0.1) is 6.20 Å². The third kappa shape index (κ3) is 3.56. The molecule has 3 rings (SSSR count). The first kappa shape index (κ1) is 15.2. The summed E-state index contributed by atoms with van der Waals surface area (Å²) in [6.07, 6.45) is 2.86. The van der Waals surface area contributed by atoms with E-state index in [0.717, 1.165) is 22.4 Å². The summed E-state index contributed by atoms with van der Waals surface area (Å²) in [4.78, 5) is 1.95. The summed E-state index contributed by atoms with van der Waals surface area (Å²) in [6, 6.07) is 5.80. The maximum Gasteiger partial charge on any atom is 0.573 e. The second-order valence-electron chi connectivity index (χ2n) is 5.11. The largest absolute Gasteiger partial charge is 0.573 e. The lowest BCUT2D eigenvalue weighted by molar-refractivity contribution is -0.274. The molecule has 0 bridgehead atoms. The Morgan fingerprint density at radius 1 is 1.22 bits per heavy atom. The van der Waals surface area contributed by atoms with E-state index in [1.54, 1.807) is 24.5 Å². The van der Waals surface area contributed by atoms with E-state index in [2.05, 4.69) is 21.0 Å². The first-order chi connectivity index (χ1) is 10.9. The number of benzene rings is 1. The van der Waals surface area contributed by atoms with Crippen LogP contribution in [0, 0.1) is 0 Å². The second kappa shape index (κ2) is 5.83. The van der Waals surface area contributed by atoms with Crippen LogP contribution in [0.4, 0.5) is 18.9 Å². The molecule has 0 radical (unpaired) electrons. The zero-order chi connectivity index (χ0) is 16.4. The number of aromatic nitrogens is 2. The Hall–Kier alpha value is -2.70. The van der Waals surface area contributed by atoms with E-state index >= 15 is 0 Å². The molecule has 0 fully saturated rings. The number of anilines is 1. The number of nitrogens with zero attached hydrogens (tertiary/aromatic N) is 2. The Kier molecular flexibility index (Phi) is 3.85. The van der Waals surface area contributed by atoms with Crippen LogP contribution in [0.3, 0.4) is 0 Å². The topological polar surface area (TPSA) is 41.1 Å². The molecule has 1 aromatic heterocycles. The summed E-state index contributed by atoms with van der Waals surface area (Å²) >= 11 is 0. The van der Waals surface area contributed by atoms with Gasteiger partial charge in [-0.1, -0.05) is 6.08 Å². The number of alkyl halides is 3.